The van der Waals surface area contributed by atoms with Gasteiger partial charge in [-0.2, -0.15) is 11.8 Å². The van der Waals surface area contributed by atoms with Gasteiger partial charge >= 0.3 is 0 Å². The number of thioether (sulfide) groups is 1. The highest BCUT2D eigenvalue weighted by Crippen LogP contribution is 2.27. The number of nitrogens with two attached hydrogens (primary N) is 1. The Kier molecular flexibility index (Phi) is 5.34. The van der Waals surface area contributed by atoms with Crippen molar-refractivity contribution in [3.63, 3.8) is 0 Å². The van der Waals surface area contributed by atoms with Crippen LogP contribution in [0.4, 0.5) is 11.4 Å². The smallest absolute Gasteiger partial charge is 0.242 e. The minimum Gasteiger partial charge on any atom is -0.397 e. The van der Waals surface area contributed by atoms with E-state index in [0.29, 0.717) is 17.9 Å². The Morgan fingerprint density at radius 2 is 1.95 bits per heavy atom. The van der Waals surface area contributed by atoms with Gasteiger partial charge in [-0.3, -0.25) is 0 Å². The standard InChI is InChI=1S/C13H23N3O2S2/c1-13(2,19-5)9-15-12-8-10(6-7-11(12)14)20(17,18)16(3)4/h6-8,15H,9,14H2,1-5H3. The highest BCUT2D eigenvalue weighted by atomic mass is 32.2. The molecule has 0 heterocycles. The monoisotopic (exact) mass is 317 g/mol. The first-order valence-corrected chi connectivity index (χ1v) is 8.88. The number of anilines is 2. The molecule has 0 saturated carbocycles. The van der Waals surface area contributed by atoms with Gasteiger partial charge in [0.15, 0.2) is 0 Å². The Labute approximate surface area is 126 Å². The lowest BCUT2D eigenvalue weighted by atomic mass is 10.2. The third-order valence-electron chi connectivity index (χ3n) is 3.06. The van der Waals surface area contributed by atoms with Crippen LogP contribution in [0.2, 0.25) is 0 Å². The third-order valence-corrected chi connectivity index (χ3v) is 6.12. The fourth-order valence-corrected chi connectivity index (χ4v) is 2.58. The molecule has 0 radical (unpaired) electrons. The number of sulfonamides is 1. The second-order valence-electron chi connectivity index (χ2n) is 5.35. The van der Waals surface area contributed by atoms with Gasteiger partial charge in [0.1, 0.15) is 0 Å². The minimum atomic E-state index is -3.44. The summed E-state index contributed by atoms with van der Waals surface area (Å²) in [7, 11) is -0.424. The number of nitrogen functional groups attached to an aromatic ring is 1. The Hall–Kier alpha value is -0.920. The molecule has 1 rings (SSSR count). The molecule has 0 saturated heterocycles. The zero-order valence-electron chi connectivity index (χ0n) is 12.6. The lowest BCUT2D eigenvalue weighted by molar-refractivity contribution is 0.521. The summed E-state index contributed by atoms with van der Waals surface area (Å²) in [5.41, 5.74) is 7.09. The van der Waals surface area contributed by atoms with E-state index in [-0.39, 0.29) is 9.64 Å². The van der Waals surface area contributed by atoms with Crippen LogP contribution in [0, 0.1) is 0 Å². The molecule has 0 bridgehead atoms. The zero-order chi connectivity index (χ0) is 15.6. The first-order chi connectivity index (χ1) is 9.10. The number of rotatable bonds is 6. The quantitative estimate of drug-likeness (QED) is 0.786. The van der Waals surface area contributed by atoms with E-state index in [1.807, 2.05) is 6.26 Å². The largest absolute Gasteiger partial charge is 0.397 e. The summed E-state index contributed by atoms with van der Waals surface area (Å²) in [4.78, 5) is 0.237. The van der Waals surface area contributed by atoms with Gasteiger partial charge in [0, 0.05) is 25.4 Å². The summed E-state index contributed by atoms with van der Waals surface area (Å²) in [6.45, 7) is 4.92. The van der Waals surface area contributed by atoms with E-state index in [1.165, 1.54) is 24.5 Å². The first-order valence-electron chi connectivity index (χ1n) is 6.21. The molecule has 1 aromatic carbocycles. The molecule has 5 nitrogen and oxygen atoms in total. The van der Waals surface area contributed by atoms with Crippen LogP contribution in [0.1, 0.15) is 13.8 Å². The van der Waals surface area contributed by atoms with Crippen LogP contribution in [-0.2, 0) is 10.0 Å². The third kappa shape index (κ3) is 4.04. The molecule has 0 aliphatic rings. The predicted octanol–water partition coefficient (Wildman–Crippen LogP) is 2.07. The normalized spacial score (nSPS) is 12.7. The van der Waals surface area contributed by atoms with Crippen molar-refractivity contribution in [2.24, 2.45) is 0 Å². The Morgan fingerprint density at radius 1 is 1.35 bits per heavy atom. The van der Waals surface area contributed by atoms with E-state index in [0.717, 1.165) is 0 Å². The topological polar surface area (TPSA) is 75.4 Å². The minimum absolute atomic E-state index is 0.0445. The van der Waals surface area contributed by atoms with Crippen molar-refractivity contribution >= 4 is 33.2 Å². The molecule has 0 aromatic heterocycles. The van der Waals surface area contributed by atoms with Gasteiger partial charge in [0.25, 0.3) is 0 Å². The maximum Gasteiger partial charge on any atom is 0.242 e. The first kappa shape index (κ1) is 17.1. The van der Waals surface area contributed by atoms with Crippen LogP contribution in [0.5, 0.6) is 0 Å². The summed E-state index contributed by atoms with van der Waals surface area (Å²) in [6, 6.07) is 4.72. The Bertz CT molecular complexity index is 569. The molecular formula is C13H23N3O2S2. The average molecular weight is 317 g/mol. The predicted molar refractivity (Wildman–Crippen MR) is 87.8 cm³/mol. The van der Waals surface area contributed by atoms with E-state index < -0.39 is 10.0 Å². The number of nitrogens with zero attached hydrogens (tertiary/aromatic N) is 1. The molecule has 0 aliphatic heterocycles. The maximum atomic E-state index is 12.1. The van der Waals surface area contributed by atoms with Crippen LogP contribution >= 0.6 is 11.8 Å². The molecule has 0 unspecified atom stereocenters. The van der Waals surface area contributed by atoms with Gasteiger partial charge in [-0.1, -0.05) is 0 Å². The van der Waals surface area contributed by atoms with Crippen molar-refractivity contribution in [3.8, 4) is 0 Å². The Morgan fingerprint density at radius 3 is 2.45 bits per heavy atom. The Balaban J connectivity index is 3.05. The molecular weight excluding hydrogens is 294 g/mol. The summed E-state index contributed by atoms with van der Waals surface area (Å²) < 4.78 is 25.4. The van der Waals surface area contributed by atoms with Crippen LogP contribution < -0.4 is 11.1 Å². The molecule has 0 fully saturated rings. The van der Waals surface area contributed by atoms with Crippen molar-refractivity contribution < 1.29 is 8.42 Å². The maximum absolute atomic E-state index is 12.1. The molecule has 0 aliphatic carbocycles. The molecule has 20 heavy (non-hydrogen) atoms. The van der Waals surface area contributed by atoms with Crippen LogP contribution in [-0.4, -0.2) is 44.4 Å². The summed E-state index contributed by atoms with van der Waals surface area (Å²) >= 11 is 1.74. The highest BCUT2D eigenvalue weighted by molar-refractivity contribution is 7.99. The van der Waals surface area contributed by atoms with E-state index >= 15 is 0 Å². The van der Waals surface area contributed by atoms with Crippen LogP contribution in [0.25, 0.3) is 0 Å². The molecule has 3 N–H and O–H groups in total. The lowest BCUT2D eigenvalue weighted by Crippen LogP contribution is -2.26. The van der Waals surface area contributed by atoms with Crippen LogP contribution in [0.15, 0.2) is 23.1 Å². The van der Waals surface area contributed by atoms with Crippen molar-refractivity contribution in [1.29, 1.82) is 0 Å². The second-order valence-corrected chi connectivity index (χ2v) is 9.02. The summed E-state index contributed by atoms with van der Waals surface area (Å²) in [6.07, 6.45) is 2.04. The van der Waals surface area contributed by atoms with E-state index in [1.54, 1.807) is 23.9 Å². The van der Waals surface area contributed by atoms with Crippen LogP contribution in [0.3, 0.4) is 0 Å². The number of nitrogens with one attached hydrogen (secondary N) is 1. The van der Waals surface area contributed by atoms with E-state index in [4.69, 9.17) is 5.73 Å². The van der Waals surface area contributed by atoms with Crippen molar-refractivity contribution in [2.75, 3.05) is 37.9 Å². The van der Waals surface area contributed by atoms with Crippen molar-refractivity contribution in [1.82, 2.24) is 4.31 Å². The molecule has 114 valence electrons. The van der Waals surface area contributed by atoms with Gasteiger partial charge in [0.05, 0.1) is 16.3 Å². The van der Waals surface area contributed by atoms with Crippen molar-refractivity contribution in [3.05, 3.63) is 18.2 Å². The van der Waals surface area contributed by atoms with E-state index in [2.05, 4.69) is 19.2 Å². The number of hydrogen-bond donors (Lipinski definition) is 2. The molecule has 0 atom stereocenters. The molecule has 0 spiro atoms. The summed E-state index contributed by atoms with van der Waals surface area (Å²) in [5, 5.41) is 3.23. The highest BCUT2D eigenvalue weighted by Gasteiger charge is 2.20. The second kappa shape index (κ2) is 6.24. The number of benzene rings is 1. The molecule has 1 aromatic rings. The fraction of sp³-hybridized carbons (Fsp3) is 0.538. The van der Waals surface area contributed by atoms with Gasteiger partial charge < -0.3 is 11.1 Å². The SMILES string of the molecule is CSC(C)(C)CNc1cc(S(=O)(=O)N(C)C)ccc1N. The molecule has 7 heteroatoms. The van der Waals surface area contributed by atoms with E-state index in [9.17, 15) is 8.42 Å². The zero-order valence-corrected chi connectivity index (χ0v) is 14.2. The number of hydrogen-bond acceptors (Lipinski definition) is 5. The fourth-order valence-electron chi connectivity index (χ4n) is 1.44. The van der Waals surface area contributed by atoms with Crippen molar-refractivity contribution in [2.45, 2.75) is 23.5 Å². The lowest BCUT2D eigenvalue weighted by Gasteiger charge is -2.24. The van der Waals surface area contributed by atoms with Gasteiger partial charge in [-0.15, -0.1) is 0 Å². The van der Waals surface area contributed by atoms with Gasteiger partial charge in [-0.05, 0) is 38.3 Å². The van der Waals surface area contributed by atoms with Gasteiger partial charge in [-0.25, -0.2) is 12.7 Å². The molecule has 0 amide bonds. The van der Waals surface area contributed by atoms with Gasteiger partial charge in [0.2, 0.25) is 10.0 Å². The average Bonchev–Trinajstić information content (AvgIpc) is 2.37. The summed E-state index contributed by atoms with van der Waals surface area (Å²) in [5.74, 6) is 0.